The number of carbonyl (C=O) groups is 2. The number of allylic oxidation sites excluding steroid dienone is 3. The van der Waals surface area contributed by atoms with Gasteiger partial charge in [0.15, 0.2) is 0 Å². The third kappa shape index (κ3) is 2.37. The lowest BCUT2D eigenvalue weighted by Crippen LogP contribution is -2.36. The van der Waals surface area contributed by atoms with Gasteiger partial charge in [-0.3, -0.25) is 4.79 Å². The van der Waals surface area contributed by atoms with E-state index in [0.29, 0.717) is 11.1 Å². The van der Waals surface area contributed by atoms with Crippen LogP contribution in [-0.4, -0.2) is 22.2 Å². The van der Waals surface area contributed by atoms with Crippen LogP contribution in [-0.2, 0) is 4.79 Å². The van der Waals surface area contributed by atoms with Gasteiger partial charge in [0.1, 0.15) is 0 Å². The summed E-state index contributed by atoms with van der Waals surface area (Å²) in [4.78, 5) is 22.8. The number of aliphatic carboxylic acids is 1. The molecule has 0 radical (unpaired) electrons. The molecular weight excluding hydrogens is 268 g/mol. The molecule has 0 saturated heterocycles. The molecule has 2 N–H and O–H groups in total. The van der Waals surface area contributed by atoms with Gasteiger partial charge >= 0.3 is 11.9 Å². The fourth-order valence-electron chi connectivity index (χ4n) is 2.71. The van der Waals surface area contributed by atoms with E-state index >= 15 is 0 Å². The van der Waals surface area contributed by atoms with Gasteiger partial charge in [-0.2, -0.15) is 0 Å². The molecule has 1 aromatic carbocycles. The van der Waals surface area contributed by atoms with E-state index in [9.17, 15) is 14.7 Å². The Morgan fingerprint density at radius 2 is 1.90 bits per heavy atom. The summed E-state index contributed by atoms with van der Waals surface area (Å²) in [6.07, 6.45) is 5.52. The molecule has 0 heterocycles. The lowest BCUT2D eigenvalue weighted by molar-refractivity contribution is -0.146. The molecular formula is C17H18O4. The molecule has 2 unspecified atom stereocenters. The monoisotopic (exact) mass is 286 g/mol. The van der Waals surface area contributed by atoms with Gasteiger partial charge in [0, 0.05) is 0 Å². The van der Waals surface area contributed by atoms with Gasteiger partial charge in [-0.25, -0.2) is 4.79 Å². The molecule has 110 valence electrons. The van der Waals surface area contributed by atoms with E-state index in [4.69, 9.17) is 5.11 Å². The number of carboxylic acid groups (broad SMARTS) is 2. The molecule has 4 heteroatoms. The molecule has 0 aromatic heterocycles. The number of rotatable bonds is 3. The molecule has 1 aromatic rings. The highest BCUT2D eigenvalue weighted by molar-refractivity contribution is 5.95. The van der Waals surface area contributed by atoms with Crippen LogP contribution in [0.15, 0.2) is 36.4 Å². The fraction of sp³-hybridized carbons (Fsp3) is 0.294. The average Bonchev–Trinajstić information content (AvgIpc) is 2.41. The van der Waals surface area contributed by atoms with E-state index in [-0.39, 0.29) is 11.5 Å². The van der Waals surface area contributed by atoms with Crippen molar-refractivity contribution in [2.24, 2.45) is 11.3 Å². The van der Waals surface area contributed by atoms with Gasteiger partial charge in [-0.1, -0.05) is 37.3 Å². The molecule has 0 saturated carbocycles. The van der Waals surface area contributed by atoms with Crippen molar-refractivity contribution in [3.63, 3.8) is 0 Å². The van der Waals surface area contributed by atoms with Gasteiger partial charge < -0.3 is 10.2 Å². The quantitative estimate of drug-likeness (QED) is 0.893. The van der Waals surface area contributed by atoms with Crippen molar-refractivity contribution in [2.75, 3.05) is 0 Å². The minimum absolute atomic E-state index is 0.144. The Balaban J connectivity index is 2.57. The van der Waals surface area contributed by atoms with Crippen LogP contribution >= 0.6 is 0 Å². The first-order valence-corrected chi connectivity index (χ1v) is 6.75. The van der Waals surface area contributed by atoms with Crippen LogP contribution in [0.1, 0.15) is 35.3 Å². The van der Waals surface area contributed by atoms with E-state index in [1.165, 1.54) is 6.07 Å². The summed E-state index contributed by atoms with van der Waals surface area (Å²) < 4.78 is 0. The molecule has 21 heavy (non-hydrogen) atoms. The van der Waals surface area contributed by atoms with Crippen molar-refractivity contribution in [1.82, 2.24) is 0 Å². The lowest BCUT2D eigenvalue weighted by Gasteiger charge is -2.35. The van der Waals surface area contributed by atoms with Gasteiger partial charge in [-0.15, -0.1) is 0 Å². The van der Waals surface area contributed by atoms with Crippen LogP contribution < -0.4 is 0 Å². The van der Waals surface area contributed by atoms with E-state index in [1.807, 2.05) is 19.1 Å². The number of carboxylic acids is 2. The Hall–Kier alpha value is -2.36. The molecule has 1 aliphatic rings. The van der Waals surface area contributed by atoms with Crippen molar-refractivity contribution in [3.05, 3.63) is 53.1 Å². The summed E-state index contributed by atoms with van der Waals surface area (Å²) in [5, 5.41) is 18.7. The van der Waals surface area contributed by atoms with E-state index < -0.39 is 17.4 Å². The number of hydrogen-bond donors (Lipinski definition) is 2. The van der Waals surface area contributed by atoms with Crippen molar-refractivity contribution in [3.8, 4) is 0 Å². The highest BCUT2D eigenvalue weighted by Crippen LogP contribution is 2.44. The van der Waals surface area contributed by atoms with Gasteiger partial charge in [0.05, 0.1) is 11.0 Å². The van der Waals surface area contributed by atoms with Crippen molar-refractivity contribution in [2.45, 2.75) is 20.8 Å². The zero-order valence-electron chi connectivity index (χ0n) is 12.3. The minimum atomic E-state index is -1.02. The molecule has 1 aliphatic carbocycles. The van der Waals surface area contributed by atoms with Gasteiger partial charge in [0.25, 0.3) is 0 Å². The van der Waals surface area contributed by atoms with Crippen molar-refractivity contribution in [1.29, 1.82) is 0 Å². The SMILES string of the molecule is Cc1cc(C2=CC=CC(C)C2(C)C(=O)O)ccc1C(=O)O. The number of hydrogen-bond acceptors (Lipinski definition) is 2. The summed E-state index contributed by atoms with van der Waals surface area (Å²) in [5.74, 6) is -2.01. The van der Waals surface area contributed by atoms with Gasteiger partial charge in [-0.05, 0) is 42.5 Å². The third-order valence-corrected chi connectivity index (χ3v) is 4.34. The Morgan fingerprint density at radius 1 is 1.24 bits per heavy atom. The second-order valence-electron chi connectivity index (χ2n) is 5.60. The molecule has 2 rings (SSSR count). The number of benzene rings is 1. The summed E-state index contributed by atoms with van der Waals surface area (Å²) in [7, 11) is 0. The van der Waals surface area contributed by atoms with Crippen LogP contribution in [0.3, 0.4) is 0 Å². The third-order valence-electron chi connectivity index (χ3n) is 4.34. The zero-order chi connectivity index (χ0) is 15.8. The zero-order valence-corrected chi connectivity index (χ0v) is 12.3. The summed E-state index contributed by atoms with van der Waals surface area (Å²) in [6, 6.07) is 4.94. The highest BCUT2D eigenvalue weighted by atomic mass is 16.4. The average molecular weight is 286 g/mol. The van der Waals surface area contributed by atoms with E-state index in [2.05, 4.69) is 0 Å². The Bertz CT molecular complexity index is 669. The van der Waals surface area contributed by atoms with Crippen molar-refractivity contribution >= 4 is 17.5 Å². The van der Waals surface area contributed by atoms with Crippen LogP contribution in [0.2, 0.25) is 0 Å². The Kier molecular flexibility index (Phi) is 3.73. The smallest absolute Gasteiger partial charge is 0.335 e. The van der Waals surface area contributed by atoms with Gasteiger partial charge in [0.2, 0.25) is 0 Å². The lowest BCUT2D eigenvalue weighted by atomic mass is 9.67. The predicted octanol–water partition coefficient (Wildman–Crippen LogP) is 3.37. The molecule has 0 amide bonds. The summed E-state index contributed by atoms with van der Waals surface area (Å²) in [6.45, 7) is 5.29. The first-order valence-electron chi connectivity index (χ1n) is 6.75. The Morgan fingerprint density at radius 3 is 2.43 bits per heavy atom. The van der Waals surface area contributed by atoms with Crippen LogP contribution in [0.5, 0.6) is 0 Å². The molecule has 0 spiro atoms. The molecule has 0 aliphatic heterocycles. The number of aryl methyl sites for hydroxylation is 1. The normalized spacial score (nSPS) is 24.5. The molecule has 2 atom stereocenters. The summed E-state index contributed by atoms with van der Waals surface area (Å²) in [5.41, 5.74) is 1.28. The first kappa shape index (κ1) is 15.0. The van der Waals surface area contributed by atoms with E-state index in [1.54, 1.807) is 32.1 Å². The highest BCUT2D eigenvalue weighted by Gasteiger charge is 2.43. The van der Waals surface area contributed by atoms with E-state index in [0.717, 1.165) is 5.56 Å². The van der Waals surface area contributed by atoms with Crippen LogP contribution in [0.4, 0.5) is 0 Å². The maximum absolute atomic E-state index is 11.8. The Labute approximate surface area is 123 Å². The standard InChI is InChI=1S/C17H18O4/c1-10-9-12(7-8-13(10)15(18)19)14-6-4-5-11(2)17(14,3)16(20)21/h4-9,11H,1-3H3,(H,18,19)(H,20,21). The maximum Gasteiger partial charge on any atom is 0.335 e. The largest absolute Gasteiger partial charge is 0.481 e. The molecule has 0 fully saturated rings. The minimum Gasteiger partial charge on any atom is -0.481 e. The van der Waals surface area contributed by atoms with Crippen molar-refractivity contribution < 1.29 is 19.8 Å². The van der Waals surface area contributed by atoms with Crippen LogP contribution in [0, 0.1) is 18.3 Å². The predicted molar refractivity (Wildman–Crippen MR) is 80.2 cm³/mol. The summed E-state index contributed by atoms with van der Waals surface area (Å²) >= 11 is 0. The second kappa shape index (κ2) is 5.20. The number of aromatic carboxylic acids is 1. The first-order chi connectivity index (χ1) is 9.78. The second-order valence-corrected chi connectivity index (χ2v) is 5.60. The molecule has 0 bridgehead atoms. The van der Waals surface area contributed by atoms with Crippen LogP contribution in [0.25, 0.3) is 5.57 Å². The maximum atomic E-state index is 11.8. The molecule has 4 nitrogen and oxygen atoms in total. The topological polar surface area (TPSA) is 74.6 Å². The fourth-order valence-corrected chi connectivity index (χ4v) is 2.71.